The van der Waals surface area contributed by atoms with Crippen molar-refractivity contribution in [3.05, 3.63) is 66.0 Å². The zero-order chi connectivity index (χ0) is 16.4. The Kier molecular flexibility index (Phi) is 3.83. The number of benzene rings is 1. The number of fused-ring (bicyclic) bond motifs is 1. The molecule has 2 heterocycles. The lowest BCUT2D eigenvalue weighted by Gasteiger charge is -2.11. The highest BCUT2D eigenvalue weighted by Gasteiger charge is 2.24. The third-order valence-corrected chi connectivity index (χ3v) is 4.07. The van der Waals surface area contributed by atoms with Gasteiger partial charge < -0.3 is 10.6 Å². The molecule has 1 aliphatic rings. The molecular formula is C19H18N4O. The van der Waals surface area contributed by atoms with E-state index in [1.165, 1.54) is 0 Å². The number of nitrogens with one attached hydrogen (secondary N) is 2. The molecule has 1 saturated carbocycles. The fraction of sp³-hybridized carbons (Fsp3) is 0.211. The fourth-order valence-electron chi connectivity index (χ4n) is 2.64. The third-order valence-electron chi connectivity index (χ3n) is 4.07. The van der Waals surface area contributed by atoms with Crippen LogP contribution in [0.15, 0.2) is 54.9 Å². The molecule has 1 aromatic carbocycles. The molecule has 2 N–H and O–H groups in total. The van der Waals surface area contributed by atoms with Crippen molar-refractivity contribution in [2.24, 2.45) is 0 Å². The zero-order valence-electron chi connectivity index (χ0n) is 13.2. The van der Waals surface area contributed by atoms with Crippen LogP contribution in [-0.4, -0.2) is 21.9 Å². The van der Waals surface area contributed by atoms with E-state index in [9.17, 15) is 4.79 Å². The Morgan fingerprint density at radius 2 is 2.04 bits per heavy atom. The van der Waals surface area contributed by atoms with Gasteiger partial charge in [-0.05, 0) is 36.6 Å². The average Bonchev–Trinajstić information content (AvgIpc) is 3.44. The van der Waals surface area contributed by atoms with E-state index >= 15 is 0 Å². The van der Waals surface area contributed by atoms with Crippen LogP contribution in [-0.2, 0) is 6.54 Å². The second-order valence-electron chi connectivity index (χ2n) is 6.03. The van der Waals surface area contributed by atoms with Crippen LogP contribution in [0.1, 0.15) is 28.8 Å². The minimum absolute atomic E-state index is 0.0273. The van der Waals surface area contributed by atoms with Crippen molar-refractivity contribution in [3.8, 4) is 0 Å². The number of hydrogen-bond acceptors (Lipinski definition) is 4. The van der Waals surface area contributed by atoms with E-state index in [1.54, 1.807) is 6.20 Å². The molecule has 0 unspecified atom stereocenters. The Morgan fingerprint density at radius 3 is 2.83 bits per heavy atom. The van der Waals surface area contributed by atoms with E-state index in [0.29, 0.717) is 24.0 Å². The number of para-hydroxylation sites is 1. The van der Waals surface area contributed by atoms with E-state index in [2.05, 4.69) is 20.6 Å². The topological polar surface area (TPSA) is 66.9 Å². The molecule has 5 heteroatoms. The second-order valence-corrected chi connectivity index (χ2v) is 6.03. The smallest absolute Gasteiger partial charge is 0.252 e. The van der Waals surface area contributed by atoms with Gasteiger partial charge >= 0.3 is 0 Å². The largest absolute Gasteiger partial charge is 0.366 e. The van der Waals surface area contributed by atoms with Gasteiger partial charge in [-0.25, -0.2) is 4.98 Å². The summed E-state index contributed by atoms with van der Waals surface area (Å²) in [6, 6.07) is 13.8. The molecule has 1 aliphatic carbocycles. The van der Waals surface area contributed by atoms with Crippen LogP contribution in [0.4, 0.5) is 5.82 Å². The summed E-state index contributed by atoms with van der Waals surface area (Å²) in [5, 5.41) is 7.22. The third kappa shape index (κ3) is 3.20. The van der Waals surface area contributed by atoms with Crippen LogP contribution in [0.25, 0.3) is 10.9 Å². The summed E-state index contributed by atoms with van der Waals surface area (Å²) in [5.74, 6) is 0.666. The molecule has 24 heavy (non-hydrogen) atoms. The van der Waals surface area contributed by atoms with Crippen molar-refractivity contribution in [2.45, 2.75) is 25.4 Å². The van der Waals surface area contributed by atoms with Crippen LogP contribution in [0.5, 0.6) is 0 Å². The minimum atomic E-state index is -0.0273. The molecule has 2 aromatic heterocycles. The van der Waals surface area contributed by atoms with Crippen molar-refractivity contribution in [1.29, 1.82) is 0 Å². The number of pyridine rings is 2. The van der Waals surface area contributed by atoms with Crippen molar-refractivity contribution < 1.29 is 4.79 Å². The molecule has 1 fully saturated rings. The summed E-state index contributed by atoms with van der Waals surface area (Å²) < 4.78 is 0. The lowest BCUT2D eigenvalue weighted by atomic mass is 10.1. The first-order chi connectivity index (χ1) is 11.8. The van der Waals surface area contributed by atoms with Crippen molar-refractivity contribution in [2.75, 3.05) is 5.32 Å². The molecule has 120 valence electrons. The summed E-state index contributed by atoms with van der Waals surface area (Å²) >= 11 is 0. The molecule has 0 bridgehead atoms. The predicted molar refractivity (Wildman–Crippen MR) is 93.8 cm³/mol. The van der Waals surface area contributed by atoms with Crippen LogP contribution in [0, 0.1) is 0 Å². The van der Waals surface area contributed by atoms with Gasteiger partial charge in [-0.1, -0.05) is 24.3 Å². The normalized spacial score (nSPS) is 13.7. The van der Waals surface area contributed by atoms with Gasteiger partial charge in [0.2, 0.25) is 0 Å². The van der Waals surface area contributed by atoms with Crippen LogP contribution < -0.4 is 10.6 Å². The predicted octanol–water partition coefficient (Wildman–Crippen LogP) is 3.13. The molecule has 4 rings (SSSR count). The molecule has 5 nitrogen and oxygen atoms in total. The van der Waals surface area contributed by atoms with E-state index in [-0.39, 0.29) is 5.91 Å². The Bertz CT molecular complexity index is 875. The highest BCUT2D eigenvalue weighted by Crippen LogP contribution is 2.24. The number of amides is 1. The number of carbonyl (C=O) groups excluding carboxylic acids is 1. The van der Waals surface area contributed by atoms with Gasteiger partial charge in [0.25, 0.3) is 5.91 Å². The molecular weight excluding hydrogens is 300 g/mol. The van der Waals surface area contributed by atoms with Gasteiger partial charge in [0.05, 0.1) is 11.1 Å². The lowest BCUT2D eigenvalue weighted by Crippen LogP contribution is -2.25. The Balaban J connectivity index is 1.64. The van der Waals surface area contributed by atoms with Crippen molar-refractivity contribution >= 4 is 22.6 Å². The highest BCUT2D eigenvalue weighted by molar-refractivity contribution is 6.07. The van der Waals surface area contributed by atoms with Gasteiger partial charge in [-0.15, -0.1) is 0 Å². The molecule has 0 radical (unpaired) electrons. The van der Waals surface area contributed by atoms with Gasteiger partial charge in [-0.3, -0.25) is 9.78 Å². The van der Waals surface area contributed by atoms with Gasteiger partial charge in [0, 0.05) is 30.4 Å². The second kappa shape index (κ2) is 6.28. The zero-order valence-corrected chi connectivity index (χ0v) is 13.2. The quantitative estimate of drug-likeness (QED) is 0.758. The number of aromatic nitrogens is 2. The molecule has 0 aliphatic heterocycles. The van der Waals surface area contributed by atoms with E-state index in [0.717, 1.165) is 29.3 Å². The van der Waals surface area contributed by atoms with Crippen LogP contribution in [0.3, 0.4) is 0 Å². The van der Waals surface area contributed by atoms with Crippen LogP contribution in [0.2, 0.25) is 0 Å². The number of rotatable bonds is 5. The summed E-state index contributed by atoms with van der Waals surface area (Å²) in [4.78, 5) is 21.3. The van der Waals surface area contributed by atoms with E-state index in [1.807, 2.05) is 48.7 Å². The molecule has 0 saturated heterocycles. The van der Waals surface area contributed by atoms with Crippen molar-refractivity contribution in [1.82, 2.24) is 15.3 Å². The highest BCUT2D eigenvalue weighted by atomic mass is 16.1. The Labute approximate surface area is 140 Å². The fourth-order valence-corrected chi connectivity index (χ4v) is 2.64. The maximum absolute atomic E-state index is 12.6. The monoisotopic (exact) mass is 318 g/mol. The summed E-state index contributed by atoms with van der Waals surface area (Å²) in [6.07, 6.45) is 5.70. The Morgan fingerprint density at radius 1 is 1.17 bits per heavy atom. The molecule has 0 spiro atoms. The van der Waals surface area contributed by atoms with Crippen LogP contribution >= 0.6 is 0 Å². The number of hydrogen-bond donors (Lipinski definition) is 2. The minimum Gasteiger partial charge on any atom is -0.366 e. The van der Waals surface area contributed by atoms with Gasteiger partial charge in [0.1, 0.15) is 5.82 Å². The van der Waals surface area contributed by atoms with Crippen molar-refractivity contribution in [3.63, 3.8) is 0 Å². The number of anilines is 1. The maximum Gasteiger partial charge on any atom is 0.252 e. The van der Waals surface area contributed by atoms with E-state index in [4.69, 9.17) is 0 Å². The Hall–Kier alpha value is -2.95. The summed E-state index contributed by atoms with van der Waals surface area (Å²) in [5.41, 5.74) is 2.55. The number of nitrogens with zero attached hydrogens (tertiary/aromatic N) is 2. The lowest BCUT2D eigenvalue weighted by molar-refractivity contribution is 0.0952. The summed E-state index contributed by atoms with van der Waals surface area (Å²) in [6.45, 7) is 0.614. The summed E-state index contributed by atoms with van der Waals surface area (Å²) in [7, 11) is 0. The molecule has 0 atom stereocenters. The molecule has 1 amide bonds. The number of carbonyl (C=O) groups is 1. The standard InChI is InChI=1S/C19H18N4O/c24-19(22-14-7-8-14)16-10-18(21-12-13-4-3-9-20-11-13)23-17-6-2-1-5-15(16)17/h1-6,9-11,14H,7-8,12H2,(H,21,23)(H,22,24). The first kappa shape index (κ1) is 14.6. The SMILES string of the molecule is O=C(NC1CC1)c1cc(NCc2cccnc2)nc2ccccc12. The van der Waals surface area contributed by atoms with Gasteiger partial charge in [-0.2, -0.15) is 0 Å². The van der Waals surface area contributed by atoms with Gasteiger partial charge in [0.15, 0.2) is 0 Å². The van der Waals surface area contributed by atoms with E-state index < -0.39 is 0 Å². The maximum atomic E-state index is 12.6. The average molecular weight is 318 g/mol. The molecule has 3 aromatic rings. The first-order valence-electron chi connectivity index (χ1n) is 8.13. The first-order valence-corrected chi connectivity index (χ1v) is 8.13.